The Labute approximate surface area is 237 Å². The van der Waals surface area contributed by atoms with E-state index in [2.05, 4.69) is 22.5 Å². The Bertz CT molecular complexity index is 1270. The molecule has 208 valence electrons. The lowest BCUT2D eigenvalue weighted by Gasteiger charge is -2.37. The van der Waals surface area contributed by atoms with Crippen LogP contribution in [0.3, 0.4) is 0 Å². The first kappa shape index (κ1) is 27.8. The fourth-order valence-corrected chi connectivity index (χ4v) is 7.61. The van der Waals surface area contributed by atoms with Gasteiger partial charge in [0.1, 0.15) is 11.6 Å². The minimum atomic E-state index is -1.14. The van der Waals surface area contributed by atoms with E-state index in [1.807, 2.05) is 42.5 Å². The number of carbonyl (C=O) groups is 3. The molecule has 0 aliphatic carbocycles. The lowest BCUT2D eigenvalue weighted by atomic mass is 9.70. The van der Waals surface area contributed by atoms with Crippen molar-refractivity contribution in [2.75, 3.05) is 31.2 Å². The first-order chi connectivity index (χ1) is 18.9. The molecule has 1 unspecified atom stereocenters. The quantitative estimate of drug-likeness (QED) is 0.183. The molecule has 3 heterocycles. The van der Waals surface area contributed by atoms with Gasteiger partial charge >= 0.3 is 5.97 Å². The predicted octanol–water partition coefficient (Wildman–Crippen LogP) is 3.83. The fraction of sp³-hybridized carbons (Fsp3) is 0.500. The third-order valence-corrected chi connectivity index (χ3v) is 9.11. The number of halogens is 1. The number of esters is 1. The zero-order valence-corrected chi connectivity index (χ0v) is 23.7. The highest BCUT2D eigenvalue weighted by Crippen LogP contribution is 2.60. The van der Waals surface area contributed by atoms with Gasteiger partial charge in [-0.2, -0.15) is 0 Å². The van der Waals surface area contributed by atoms with Crippen LogP contribution in [-0.2, 0) is 23.9 Å². The highest BCUT2D eigenvalue weighted by atomic mass is 79.9. The van der Waals surface area contributed by atoms with Gasteiger partial charge in [0, 0.05) is 30.2 Å². The Hall–Kier alpha value is -2.75. The molecule has 1 spiro atoms. The van der Waals surface area contributed by atoms with Gasteiger partial charge in [-0.05, 0) is 55.5 Å². The maximum Gasteiger partial charge on any atom is 0.312 e. The number of nitrogens with zero attached hydrogens (tertiary/aromatic N) is 2. The third kappa shape index (κ3) is 4.68. The Kier molecular flexibility index (Phi) is 8.12. The molecule has 39 heavy (non-hydrogen) atoms. The molecule has 0 aromatic heterocycles. The van der Waals surface area contributed by atoms with Crippen molar-refractivity contribution in [3.8, 4) is 0 Å². The monoisotopic (exact) mass is 598 g/mol. The molecule has 6 atom stereocenters. The largest absolute Gasteiger partial charge is 0.466 e. The van der Waals surface area contributed by atoms with Crippen LogP contribution in [-0.4, -0.2) is 76.7 Å². The molecule has 1 N–H and O–H groups in total. The van der Waals surface area contributed by atoms with E-state index in [-0.39, 0.29) is 36.4 Å². The molecule has 9 heteroatoms. The molecule has 0 radical (unpaired) electrons. The maximum atomic E-state index is 14.6. The van der Waals surface area contributed by atoms with Crippen LogP contribution in [0.4, 0.5) is 5.69 Å². The van der Waals surface area contributed by atoms with Gasteiger partial charge in [0.25, 0.3) is 5.91 Å². The number of aliphatic hydroxyl groups excluding tert-OH is 1. The average molecular weight is 600 g/mol. The van der Waals surface area contributed by atoms with Crippen LogP contribution in [0.25, 0.3) is 10.8 Å². The summed E-state index contributed by atoms with van der Waals surface area (Å²) in [7, 11) is 0. The number of carbonyl (C=O) groups excluding carboxylic acids is 3. The molecular formula is C30H35BrN2O6. The van der Waals surface area contributed by atoms with E-state index in [1.165, 1.54) is 0 Å². The molecule has 3 saturated heterocycles. The smallest absolute Gasteiger partial charge is 0.312 e. The number of unbranched alkanes of at least 4 members (excludes halogenated alkanes) is 2. The number of benzene rings is 2. The van der Waals surface area contributed by atoms with Gasteiger partial charge in [0.15, 0.2) is 0 Å². The lowest BCUT2D eigenvalue weighted by molar-refractivity contribution is -0.154. The molecule has 2 aromatic carbocycles. The summed E-state index contributed by atoms with van der Waals surface area (Å²) in [6.45, 7) is 6.48. The third-order valence-electron chi connectivity index (χ3n) is 8.26. The fourth-order valence-electron chi connectivity index (χ4n) is 6.67. The second kappa shape index (κ2) is 11.4. The van der Waals surface area contributed by atoms with E-state index in [1.54, 1.807) is 22.8 Å². The molecule has 2 amide bonds. The Morgan fingerprint density at radius 1 is 1.23 bits per heavy atom. The number of ether oxygens (including phenoxy) is 2. The number of hydrogen-bond donors (Lipinski definition) is 1. The number of likely N-dealkylation sites (tertiary alicyclic amines) is 1. The normalized spacial score (nSPS) is 29.1. The van der Waals surface area contributed by atoms with Crippen LogP contribution in [0.5, 0.6) is 0 Å². The van der Waals surface area contributed by atoms with Crippen molar-refractivity contribution < 1.29 is 29.0 Å². The summed E-state index contributed by atoms with van der Waals surface area (Å²) in [4.78, 5) is 44.8. The van der Waals surface area contributed by atoms with Gasteiger partial charge in [-0.1, -0.05) is 52.3 Å². The van der Waals surface area contributed by atoms with Crippen LogP contribution < -0.4 is 4.90 Å². The van der Waals surface area contributed by atoms with Crippen LogP contribution in [0, 0.1) is 11.8 Å². The van der Waals surface area contributed by atoms with Gasteiger partial charge < -0.3 is 24.4 Å². The first-order valence-corrected chi connectivity index (χ1v) is 14.6. The summed E-state index contributed by atoms with van der Waals surface area (Å²) in [6, 6.07) is 12.9. The van der Waals surface area contributed by atoms with E-state index in [0.29, 0.717) is 37.9 Å². The number of rotatable bonds is 11. The number of amides is 2. The number of fused-ring (bicyclic) bond motifs is 2. The van der Waals surface area contributed by atoms with E-state index >= 15 is 0 Å². The zero-order valence-electron chi connectivity index (χ0n) is 22.1. The molecule has 2 bridgehead atoms. The molecule has 3 aliphatic rings. The van der Waals surface area contributed by atoms with Gasteiger partial charge in [-0.3, -0.25) is 14.4 Å². The minimum absolute atomic E-state index is 0.0684. The second-order valence-electron chi connectivity index (χ2n) is 10.5. The first-order valence-electron chi connectivity index (χ1n) is 13.7. The van der Waals surface area contributed by atoms with Crippen LogP contribution in [0.15, 0.2) is 55.1 Å². The van der Waals surface area contributed by atoms with Gasteiger partial charge in [-0.15, -0.1) is 6.58 Å². The van der Waals surface area contributed by atoms with Crippen molar-refractivity contribution in [2.45, 2.75) is 55.2 Å². The van der Waals surface area contributed by atoms with Gasteiger partial charge in [-0.25, -0.2) is 0 Å². The molecule has 2 aromatic rings. The zero-order chi connectivity index (χ0) is 27.7. The molecule has 8 nitrogen and oxygen atoms in total. The van der Waals surface area contributed by atoms with Crippen molar-refractivity contribution in [3.05, 3.63) is 55.1 Å². The summed E-state index contributed by atoms with van der Waals surface area (Å²) >= 11 is 3.68. The Morgan fingerprint density at radius 2 is 2.00 bits per heavy atom. The van der Waals surface area contributed by atoms with Crippen molar-refractivity contribution >= 4 is 50.2 Å². The van der Waals surface area contributed by atoms with Crippen LogP contribution >= 0.6 is 15.9 Å². The van der Waals surface area contributed by atoms with Crippen molar-refractivity contribution in [3.63, 3.8) is 0 Å². The number of hydrogen-bond acceptors (Lipinski definition) is 6. The number of aliphatic hydroxyl groups is 1. The summed E-state index contributed by atoms with van der Waals surface area (Å²) < 4.78 is 11.9. The van der Waals surface area contributed by atoms with E-state index in [4.69, 9.17) is 9.47 Å². The summed E-state index contributed by atoms with van der Waals surface area (Å²) in [5, 5.41) is 11.3. The number of alkyl halides is 1. The maximum absolute atomic E-state index is 14.6. The summed E-state index contributed by atoms with van der Waals surface area (Å²) in [5.74, 6) is -2.52. The minimum Gasteiger partial charge on any atom is -0.466 e. The second-order valence-corrected chi connectivity index (χ2v) is 11.7. The SMILES string of the molecule is C=CCN(C(=O)[C@@H]1N(CCCCCO)C(=O)[C@H]2[C@H](C(=O)OCC)[C@H]3O[C@@]12CC3Br)c1ccc2ccccc2c1. The Morgan fingerprint density at radius 3 is 2.72 bits per heavy atom. The van der Waals surface area contributed by atoms with E-state index in [0.717, 1.165) is 10.8 Å². The van der Waals surface area contributed by atoms with Crippen molar-refractivity contribution in [2.24, 2.45) is 11.8 Å². The average Bonchev–Trinajstić information content (AvgIpc) is 3.52. The Balaban J connectivity index is 1.56. The lowest BCUT2D eigenvalue weighted by Crippen LogP contribution is -2.57. The van der Waals surface area contributed by atoms with Crippen molar-refractivity contribution in [1.29, 1.82) is 0 Å². The van der Waals surface area contributed by atoms with Crippen LogP contribution in [0.2, 0.25) is 0 Å². The highest BCUT2D eigenvalue weighted by molar-refractivity contribution is 9.09. The topological polar surface area (TPSA) is 96.4 Å². The van der Waals surface area contributed by atoms with E-state index < -0.39 is 35.6 Å². The molecule has 3 fully saturated rings. The van der Waals surface area contributed by atoms with Gasteiger partial charge in [0.2, 0.25) is 5.91 Å². The van der Waals surface area contributed by atoms with Crippen LogP contribution in [0.1, 0.15) is 32.6 Å². The summed E-state index contributed by atoms with van der Waals surface area (Å²) in [6.07, 6.45) is 3.52. The highest BCUT2D eigenvalue weighted by Gasteiger charge is 2.77. The van der Waals surface area contributed by atoms with Crippen molar-refractivity contribution in [1.82, 2.24) is 4.90 Å². The predicted molar refractivity (Wildman–Crippen MR) is 151 cm³/mol. The molecule has 5 rings (SSSR count). The molecule has 3 aliphatic heterocycles. The molecular weight excluding hydrogens is 564 g/mol. The van der Waals surface area contributed by atoms with E-state index in [9.17, 15) is 19.5 Å². The van der Waals surface area contributed by atoms with Gasteiger partial charge in [0.05, 0.1) is 24.5 Å². The standard InChI is InChI=1S/C30H35BrN2O6/c1-3-14-32(21-13-12-19-10-6-7-11-20(19)17-21)28(36)26-30-18-22(31)25(39-30)23(29(37)38-4-2)24(30)27(35)33(26)15-8-5-9-16-34/h3,6-7,10-13,17,22-26,34H,1,4-5,8-9,14-16,18H2,2H3/t22?,23-,24+,25-,26-,30+/m0/s1. The molecule has 0 saturated carbocycles. The summed E-state index contributed by atoms with van der Waals surface area (Å²) in [5.41, 5.74) is -0.437. The number of anilines is 1.